The summed E-state index contributed by atoms with van der Waals surface area (Å²) in [4.78, 5) is 14.4. The Labute approximate surface area is 190 Å². The summed E-state index contributed by atoms with van der Waals surface area (Å²) in [6.45, 7) is 10.8. The molecular weight excluding hydrogens is 487 g/mol. The summed E-state index contributed by atoms with van der Waals surface area (Å²) in [7, 11) is 1.79. The summed E-state index contributed by atoms with van der Waals surface area (Å²) in [6.07, 6.45) is 5.92. The molecule has 0 aromatic carbocycles. The molecule has 3 rings (SSSR count). The summed E-state index contributed by atoms with van der Waals surface area (Å²) in [5, 5.41) is 4.55. The zero-order chi connectivity index (χ0) is 19.1. The van der Waals surface area contributed by atoms with Crippen molar-refractivity contribution in [2.45, 2.75) is 46.0 Å². The maximum atomic E-state index is 5.32. The Morgan fingerprint density at radius 3 is 2.54 bits per heavy atom. The van der Waals surface area contributed by atoms with Crippen molar-refractivity contribution >= 4 is 46.6 Å². The average Bonchev–Trinajstić information content (AvgIpc) is 3.15. The fourth-order valence-corrected chi connectivity index (χ4v) is 4.58. The molecule has 1 aromatic heterocycles. The van der Waals surface area contributed by atoms with Crippen LogP contribution in [0.4, 0.5) is 5.13 Å². The van der Waals surface area contributed by atoms with Gasteiger partial charge in [-0.25, -0.2) is 4.98 Å². The molecule has 2 fully saturated rings. The van der Waals surface area contributed by atoms with Crippen molar-refractivity contribution in [3.63, 3.8) is 0 Å². The van der Waals surface area contributed by atoms with Crippen LogP contribution in [0.3, 0.4) is 0 Å². The second-order valence-corrected chi connectivity index (χ2v) is 8.32. The highest BCUT2D eigenvalue weighted by molar-refractivity contribution is 14.0. The number of halogens is 1. The van der Waals surface area contributed by atoms with Gasteiger partial charge in [-0.15, -0.1) is 24.0 Å². The molecule has 1 N–H and O–H groups in total. The van der Waals surface area contributed by atoms with Gasteiger partial charge in [0, 0.05) is 70.9 Å². The third-order valence-electron chi connectivity index (χ3n) is 5.77. The van der Waals surface area contributed by atoms with Gasteiger partial charge in [-0.3, -0.25) is 4.99 Å². The van der Waals surface area contributed by atoms with Crippen molar-refractivity contribution in [3.05, 3.63) is 5.82 Å². The normalized spacial score (nSPS) is 19.2. The molecule has 9 heteroatoms. The molecular formula is C19H35IN6OS. The van der Waals surface area contributed by atoms with Crippen LogP contribution in [-0.2, 0) is 11.2 Å². The smallest absolute Gasteiger partial charge is 0.205 e. The summed E-state index contributed by atoms with van der Waals surface area (Å²) in [5.41, 5.74) is 0.363. The first-order valence-corrected chi connectivity index (χ1v) is 11.1. The first-order chi connectivity index (χ1) is 13.2. The van der Waals surface area contributed by atoms with E-state index in [9.17, 15) is 0 Å². The molecule has 1 aliphatic heterocycles. The molecule has 1 aliphatic carbocycles. The number of anilines is 1. The van der Waals surface area contributed by atoms with Crippen molar-refractivity contribution in [1.82, 2.24) is 19.6 Å². The van der Waals surface area contributed by atoms with Gasteiger partial charge >= 0.3 is 0 Å². The Bertz CT molecular complexity index is 613. The SMILES string of the molecule is CCNC(=NCC1(CCOC)CCC1)N1CCN(c2nc(CC)ns2)CC1.I. The van der Waals surface area contributed by atoms with Gasteiger partial charge in [0.25, 0.3) is 0 Å². The van der Waals surface area contributed by atoms with E-state index in [0.717, 1.165) is 75.6 Å². The summed E-state index contributed by atoms with van der Waals surface area (Å²) < 4.78 is 9.74. The highest BCUT2D eigenvalue weighted by Gasteiger charge is 2.36. The quantitative estimate of drug-likeness (QED) is 0.322. The zero-order valence-electron chi connectivity index (χ0n) is 17.4. The Morgan fingerprint density at radius 1 is 1.25 bits per heavy atom. The summed E-state index contributed by atoms with van der Waals surface area (Å²) >= 11 is 1.52. The third kappa shape index (κ3) is 5.91. The molecule has 0 radical (unpaired) electrons. The predicted octanol–water partition coefficient (Wildman–Crippen LogP) is 3.01. The molecule has 1 aromatic rings. The van der Waals surface area contributed by atoms with E-state index in [1.165, 1.54) is 30.8 Å². The third-order valence-corrected chi connectivity index (χ3v) is 6.59. The maximum absolute atomic E-state index is 5.32. The molecule has 28 heavy (non-hydrogen) atoms. The van der Waals surface area contributed by atoms with Crippen LogP contribution in [0.5, 0.6) is 0 Å². The fourth-order valence-electron chi connectivity index (χ4n) is 3.78. The Kier molecular flexibility index (Phi) is 9.68. The number of nitrogens with one attached hydrogen (secondary N) is 1. The summed E-state index contributed by atoms with van der Waals surface area (Å²) in [6, 6.07) is 0. The van der Waals surface area contributed by atoms with Gasteiger partial charge in [0.2, 0.25) is 5.13 Å². The molecule has 0 spiro atoms. The second kappa shape index (κ2) is 11.5. The second-order valence-electron chi connectivity index (χ2n) is 7.59. The number of methoxy groups -OCH3 is 1. The minimum absolute atomic E-state index is 0. The zero-order valence-corrected chi connectivity index (χ0v) is 20.6. The number of rotatable bonds is 8. The lowest BCUT2D eigenvalue weighted by Gasteiger charge is -2.41. The Balaban J connectivity index is 0.00000280. The van der Waals surface area contributed by atoms with E-state index >= 15 is 0 Å². The van der Waals surface area contributed by atoms with Crippen LogP contribution >= 0.6 is 35.5 Å². The summed E-state index contributed by atoms with van der Waals surface area (Å²) in [5.74, 6) is 2.02. The van der Waals surface area contributed by atoms with Crippen LogP contribution in [0.25, 0.3) is 0 Å². The van der Waals surface area contributed by atoms with E-state index in [4.69, 9.17) is 9.73 Å². The number of piperazine rings is 1. The number of guanidine groups is 1. The van der Waals surface area contributed by atoms with Crippen molar-refractivity contribution in [1.29, 1.82) is 0 Å². The van der Waals surface area contributed by atoms with Crippen LogP contribution in [0.15, 0.2) is 4.99 Å². The van der Waals surface area contributed by atoms with Crippen LogP contribution in [0.1, 0.15) is 45.4 Å². The molecule has 2 heterocycles. The lowest BCUT2D eigenvalue weighted by molar-refractivity contribution is 0.0776. The number of aryl methyl sites for hydroxylation is 1. The predicted molar refractivity (Wildman–Crippen MR) is 127 cm³/mol. The standard InChI is InChI=1S/C19H34N6OS.HI/c1-4-16-22-18(27-23-16)25-12-10-24(11-13-25)17(20-5-2)21-15-19(7-6-8-19)9-14-26-3;/h4-15H2,1-3H3,(H,20,21);1H. The largest absolute Gasteiger partial charge is 0.385 e. The highest BCUT2D eigenvalue weighted by atomic mass is 127. The molecule has 1 saturated carbocycles. The van der Waals surface area contributed by atoms with E-state index in [1.54, 1.807) is 7.11 Å². The highest BCUT2D eigenvalue weighted by Crippen LogP contribution is 2.44. The van der Waals surface area contributed by atoms with Gasteiger partial charge in [-0.05, 0) is 31.6 Å². The molecule has 0 amide bonds. The van der Waals surface area contributed by atoms with Gasteiger partial charge in [-0.1, -0.05) is 13.3 Å². The van der Waals surface area contributed by atoms with E-state index in [0.29, 0.717) is 5.41 Å². The molecule has 0 unspecified atom stereocenters. The molecule has 1 saturated heterocycles. The topological polar surface area (TPSA) is 65.9 Å². The van der Waals surface area contributed by atoms with Gasteiger partial charge in [-0.2, -0.15) is 4.37 Å². The lowest BCUT2D eigenvalue weighted by Crippen LogP contribution is -2.53. The monoisotopic (exact) mass is 522 g/mol. The van der Waals surface area contributed by atoms with Gasteiger partial charge in [0.1, 0.15) is 5.82 Å². The number of hydrogen-bond acceptors (Lipinski definition) is 6. The van der Waals surface area contributed by atoms with E-state index in [-0.39, 0.29) is 24.0 Å². The van der Waals surface area contributed by atoms with Crippen molar-refractivity contribution < 1.29 is 4.74 Å². The van der Waals surface area contributed by atoms with Crippen LogP contribution in [0.2, 0.25) is 0 Å². The number of ether oxygens (including phenoxy) is 1. The maximum Gasteiger partial charge on any atom is 0.205 e. The molecule has 0 bridgehead atoms. The number of aromatic nitrogens is 2. The first kappa shape index (κ1) is 23.6. The number of aliphatic imine (C=N–C) groups is 1. The first-order valence-electron chi connectivity index (χ1n) is 10.3. The fraction of sp³-hybridized carbons (Fsp3) is 0.842. The molecule has 160 valence electrons. The Hall–Kier alpha value is -0.680. The van der Waals surface area contributed by atoms with E-state index in [1.807, 2.05) is 0 Å². The molecule has 7 nitrogen and oxygen atoms in total. The van der Waals surface area contributed by atoms with Gasteiger partial charge < -0.3 is 19.9 Å². The van der Waals surface area contributed by atoms with Crippen molar-refractivity contribution in [2.24, 2.45) is 10.4 Å². The lowest BCUT2D eigenvalue weighted by atomic mass is 9.67. The van der Waals surface area contributed by atoms with Gasteiger partial charge in [0.15, 0.2) is 5.96 Å². The van der Waals surface area contributed by atoms with E-state index < -0.39 is 0 Å². The number of hydrogen-bond donors (Lipinski definition) is 1. The minimum Gasteiger partial charge on any atom is -0.385 e. The minimum atomic E-state index is 0. The average molecular weight is 523 g/mol. The molecule has 0 atom stereocenters. The van der Waals surface area contributed by atoms with Crippen LogP contribution in [-0.4, -0.2) is 73.2 Å². The van der Waals surface area contributed by atoms with Crippen molar-refractivity contribution in [3.8, 4) is 0 Å². The van der Waals surface area contributed by atoms with Gasteiger partial charge in [0.05, 0.1) is 0 Å². The van der Waals surface area contributed by atoms with Crippen molar-refractivity contribution in [2.75, 3.05) is 57.9 Å². The number of nitrogens with zero attached hydrogens (tertiary/aromatic N) is 5. The van der Waals surface area contributed by atoms with Crippen LogP contribution in [0, 0.1) is 5.41 Å². The Morgan fingerprint density at radius 2 is 2.00 bits per heavy atom. The molecule has 2 aliphatic rings. The van der Waals surface area contributed by atoms with Crippen LogP contribution < -0.4 is 10.2 Å². The van der Waals surface area contributed by atoms with E-state index in [2.05, 4.69) is 38.3 Å².